The van der Waals surface area contributed by atoms with Crippen molar-refractivity contribution in [2.75, 3.05) is 6.61 Å². The van der Waals surface area contributed by atoms with Gasteiger partial charge in [0, 0.05) is 12.5 Å². The van der Waals surface area contributed by atoms with Crippen LogP contribution < -0.4 is 0 Å². The van der Waals surface area contributed by atoms with Crippen molar-refractivity contribution in [3.8, 4) is 0 Å². The first kappa shape index (κ1) is 7.55. The van der Waals surface area contributed by atoms with Crippen LogP contribution in [-0.4, -0.2) is 11.7 Å². The molecule has 1 nitrogen and oxygen atoms in total. The molecule has 56 valence electrons. The zero-order valence-electron chi connectivity index (χ0n) is 6.38. The number of aliphatic hydroxyl groups is 1. The van der Waals surface area contributed by atoms with E-state index in [1.54, 1.807) is 0 Å². The van der Waals surface area contributed by atoms with Gasteiger partial charge in [-0.1, -0.05) is 30.7 Å². The summed E-state index contributed by atoms with van der Waals surface area (Å²) in [6, 6.07) is 0. The molecule has 1 atom stereocenters. The Morgan fingerprint density at radius 1 is 1.70 bits per heavy atom. The quantitative estimate of drug-likeness (QED) is 0.617. The van der Waals surface area contributed by atoms with Crippen LogP contribution in [0.5, 0.6) is 0 Å². The Labute approximate surface area is 62.1 Å². The summed E-state index contributed by atoms with van der Waals surface area (Å²) in [7, 11) is 0. The van der Waals surface area contributed by atoms with E-state index in [9.17, 15) is 0 Å². The summed E-state index contributed by atoms with van der Waals surface area (Å²) in [6.45, 7) is 2.34. The molecule has 0 bridgehead atoms. The summed E-state index contributed by atoms with van der Waals surface area (Å²) in [5.41, 5.74) is 1.38. The minimum absolute atomic E-state index is 0.277. The first-order chi connectivity index (χ1) is 4.84. The maximum atomic E-state index is 8.82. The van der Waals surface area contributed by atoms with E-state index in [2.05, 4.69) is 25.2 Å². The maximum absolute atomic E-state index is 8.82. The highest BCUT2D eigenvalue weighted by molar-refractivity contribution is 5.19. The molecule has 1 rings (SSSR count). The lowest BCUT2D eigenvalue weighted by atomic mass is 9.94. The van der Waals surface area contributed by atoms with Gasteiger partial charge in [0.05, 0.1) is 0 Å². The number of rotatable bonds is 2. The molecule has 0 amide bonds. The predicted molar refractivity (Wildman–Crippen MR) is 42.7 cm³/mol. The Balaban J connectivity index is 2.53. The number of aliphatic hydroxyl groups excluding tert-OH is 1. The second kappa shape index (κ2) is 3.57. The molecule has 0 aromatic carbocycles. The fourth-order valence-corrected chi connectivity index (χ4v) is 1.15. The third-order valence-corrected chi connectivity index (χ3v) is 1.95. The Hall–Kier alpha value is -0.560. The van der Waals surface area contributed by atoms with Gasteiger partial charge in [-0.25, -0.2) is 0 Å². The summed E-state index contributed by atoms with van der Waals surface area (Å²) in [4.78, 5) is 0. The van der Waals surface area contributed by atoms with Crippen molar-refractivity contribution in [2.45, 2.75) is 19.8 Å². The second-order valence-corrected chi connectivity index (χ2v) is 2.79. The molecule has 0 heterocycles. The first-order valence-electron chi connectivity index (χ1n) is 3.81. The van der Waals surface area contributed by atoms with E-state index < -0.39 is 0 Å². The van der Waals surface area contributed by atoms with Crippen LogP contribution in [0, 0.1) is 5.92 Å². The van der Waals surface area contributed by atoms with E-state index in [-0.39, 0.29) is 6.61 Å². The van der Waals surface area contributed by atoms with Crippen LogP contribution in [0.2, 0.25) is 0 Å². The average molecular weight is 138 g/mol. The van der Waals surface area contributed by atoms with Crippen molar-refractivity contribution in [1.29, 1.82) is 0 Å². The summed E-state index contributed by atoms with van der Waals surface area (Å²) in [6.07, 6.45) is 8.61. The first-order valence-corrected chi connectivity index (χ1v) is 3.81. The Bertz CT molecular complexity index is 156. The Kier molecular flexibility index (Phi) is 2.69. The van der Waals surface area contributed by atoms with Crippen LogP contribution in [0.3, 0.4) is 0 Å². The fourth-order valence-electron chi connectivity index (χ4n) is 1.15. The van der Waals surface area contributed by atoms with Crippen LogP contribution in [0.25, 0.3) is 0 Å². The van der Waals surface area contributed by atoms with Crippen molar-refractivity contribution in [3.63, 3.8) is 0 Å². The number of hydrogen-bond donors (Lipinski definition) is 1. The van der Waals surface area contributed by atoms with Gasteiger partial charge in [-0.3, -0.25) is 0 Å². The van der Waals surface area contributed by atoms with Crippen molar-refractivity contribution >= 4 is 0 Å². The molecule has 0 saturated heterocycles. The summed E-state index contributed by atoms with van der Waals surface area (Å²) >= 11 is 0. The SMILES string of the molecule is CC(CO)C1=CC=CCC1. The van der Waals surface area contributed by atoms with Gasteiger partial charge < -0.3 is 5.11 Å². The third-order valence-electron chi connectivity index (χ3n) is 1.95. The molecule has 1 heteroatoms. The van der Waals surface area contributed by atoms with E-state index in [4.69, 9.17) is 5.11 Å². The lowest BCUT2D eigenvalue weighted by molar-refractivity contribution is 0.253. The molecular formula is C9H14O. The van der Waals surface area contributed by atoms with Gasteiger partial charge in [-0.2, -0.15) is 0 Å². The minimum Gasteiger partial charge on any atom is -0.396 e. The highest BCUT2D eigenvalue weighted by Gasteiger charge is 2.06. The molecule has 10 heavy (non-hydrogen) atoms. The molecular weight excluding hydrogens is 124 g/mol. The molecule has 0 aromatic heterocycles. The van der Waals surface area contributed by atoms with Gasteiger partial charge in [-0.05, 0) is 12.8 Å². The standard InChI is InChI=1S/C9H14O/c1-8(7-10)9-5-3-2-4-6-9/h2-3,5,8,10H,4,6-7H2,1H3. The van der Waals surface area contributed by atoms with Gasteiger partial charge in [0.15, 0.2) is 0 Å². The lowest BCUT2D eigenvalue weighted by Crippen LogP contribution is -2.05. The van der Waals surface area contributed by atoms with Crippen molar-refractivity contribution in [2.24, 2.45) is 5.92 Å². The molecule has 1 aliphatic rings. The summed E-state index contributed by atoms with van der Waals surface area (Å²) < 4.78 is 0. The van der Waals surface area contributed by atoms with Crippen molar-refractivity contribution in [1.82, 2.24) is 0 Å². The molecule has 0 radical (unpaired) electrons. The van der Waals surface area contributed by atoms with Crippen LogP contribution in [0.15, 0.2) is 23.8 Å². The van der Waals surface area contributed by atoms with Gasteiger partial charge in [0.25, 0.3) is 0 Å². The van der Waals surface area contributed by atoms with E-state index in [1.807, 2.05) is 0 Å². The minimum atomic E-state index is 0.277. The number of allylic oxidation sites excluding steroid dienone is 3. The van der Waals surface area contributed by atoms with Gasteiger partial charge in [-0.15, -0.1) is 0 Å². The predicted octanol–water partition coefficient (Wildman–Crippen LogP) is 1.89. The van der Waals surface area contributed by atoms with Gasteiger partial charge in [0.2, 0.25) is 0 Å². The van der Waals surface area contributed by atoms with Crippen LogP contribution in [0.4, 0.5) is 0 Å². The molecule has 0 aliphatic heterocycles. The van der Waals surface area contributed by atoms with Crippen LogP contribution in [0.1, 0.15) is 19.8 Å². The molecule has 0 saturated carbocycles. The largest absolute Gasteiger partial charge is 0.396 e. The second-order valence-electron chi connectivity index (χ2n) is 2.79. The maximum Gasteiger partial charge on any atom is 0.0493 e. The van der Waals surface area contributed by atoms with Gasteiger partial charge in [0.1, 0.15) is 0 Å². The zero-order chi connectivity index (χ0) is 7.40. The Morgan fingerprint density at radius 3 is 3.00 bits per heavy atom. The fraction of sp³-hybridized carbons (Fsp3) is 0.556. The normalized spacial score (nSPS) is 20.4. The molecule has 0 spiro atoms. The van der Waals surface area contributed by atoms with E-state index >= 15 is 0 Å². The Morgan fingerprint density at radius 2 is 2.50 bits per heavy atom. The van der Waals surface area contributed by atoms with E-state index in [0.717, 1.165) is 12.8 Å². The zero-order valence-corrected chi connectivity index (χ0v) is 6.38. The van der Waals surface area contributed by atoms with Crippen LogP contribution in [-0.2, 0) is 0 Å². The van der Waals surface area contributed by atoms with E-state index in [0.29, 0.717) is 5.92 Å². The molecule has 1 unspecified atom stereocenters. The summed E-state index contributed by atoms with van der Waals surface area (Å²) in [5.74, 6) is 0.352. The van der Waals surface area contributed by atoms with Crippen molar-refractivity contribution in [3.05, 3.63) is 23.8 Å². The number of hydrogen-bond acceptors (Lipinski definition) is 1. The third kappa shape index (κ3) is 1.71. The van der Waals surface area contributed by atoms with E-state index in [1.165, 1.54) is 5.57 Å². The topological polar surface area (TPSA) is 20.2 Å². The highest BCUT2D eigenvalue weighted by Crippen LogP contribution is 2.19. The van der Waals surface area contributed by atoms with Crippen LogP contribution >= 0.6 is 0 Å². The average Bonchev–Trinajstić information content (AvgIpc) is 2.05. The highest BCUT2D eigenvalue weighted by atomic mass is 16.3. The molecule has 0 fully saturated rings. The summed E-state index contributed by atoms with van der Waals surface area (Å²) in [5, 5.41) is 8.82. The van der Waals surface area contributed by atoms with Gasteiger partial charge >= 0.3 is 0 Å². The molecule has 1 aliphatic carbocycles. The smallest absolute Gasteiger partial charge is 0.0493 e. The molecule has 0 aromatic rings. The van der Waals surface area contributed by atoms with Crippen molar-refractivity contribution < 1.29 is 5.11 Å². The monoisotopic (exact) mass is 138 g/mol. The lowest BCUT2D eigenvalue weighted by Gasteiger charge is -2.13. The molecule has 1 N–H and O–H groups in total.